The summed E-state index contributed by atoms with van der Waals surface area (Å²) < 4.78 is 58.3. The quantitative estimate of drug-likeness (QED) is 0.0365. The van der Waals surface area contributed by atoms with Gasteiger partial charge in [0.1, 0.15) is 23.7 Å². The third-order valence-electron chi connectivity index (χ3n) is 18.3. The highest BCUT2D eigenvalue weighted by Crippen LogP contribution is 2.45. The minimum absolute atomic E-state index is 0.136. The van der Waals surface area contributed by atoms with E-state index in [1.54, 1.807) is 13.8 Å². The maximum atomic E-state index is 12.9. The van der Waals surface area contributed by atoms with Crippen molar-refractivity contribution in [2.75, 3.05) is 171 Å². The van der Waals surface area contributed by atoms with E-state index in [1.165, 1.54) is 62.7 Å². The molecule has 0 aliphatic carbocycles. The molecule has 3 aliphatic rings. The molecule has 0 saturated carbocycles. The van der Waals surface area contributed by atoms with Gasteiger partial charge in [-0.05, 0) is 115 Å². The predicted molar refractivity (Wildman–Crippen MR) is 382 cm³/mol. The highest BCUT2D eigenvalue weighted by molar-refractivity contribution is 6.16. The van der Waals surface area contributed by atoms with Crippen molar-refractivity contribution < 1.29 is 85.7 Å². The number of hydrogen-bond acceptors (Lipinski definition) is 19. The smallest absolute Gasteiger partial charge is 0.256 e. The van der Waals surface area contributed by atoms with Gasteiger partial charge in [0.2, 0.25) is 23.6 Å². The molecule has 0 spiro atoms. The lowest BCUT2D eigenvalue weighted by Gasteiger charge is -2.38. The summed E-state index contributed by atoms with van der Waals surface area (Å²) in [7, 11) is 0. The van der Waals surface area contributed by atoms with Crippen LogP contribution in [0.1, 0.15) is 173 Å². The molecule has 100 heavy (non-hydrogen) atoms. The molecule has 3 heterocycles. The highest BCUT2D eigenvalue weighted by Gasteiger charge is 2.35. The number of carbonyl (C=O) groups is 8. The zero-order valence-corrected chi connectivity index (χ0v) is 62.5. The maximum absolute atomic E-state index is 12.9. The summed E-state index contributed by atoms with van der Waals surface area (Å²) in [6, 6.07) is 0. The van der Waals surface area contributed by atoms with Gasteiger partial charge in [0.25, 0.3) is 23.6 Å². The zero-order valence-electron chi connectivity index (χ0n) is 62.5. The Hall–Kier alpha value is -5.90. The highest BCUT2D eigenvalue weighted by atomic mass is 16.6. The van der Waals surface area contributed by atoms with Gasteiger partial charge in [0.15, 0.2) is 0 Å². The first-order valence-electron chi connectivity index (χ1n) is 37.0. The summed E-state index contributed by atoms with van der Waals surface area (Å²) in [4.78, 5) is 102. The number of amides is 8. The number of benzene rings is 1. The first-order valence-corrected chi connectivity index (χ1v) is 37.0. The Morgan fingerprint density at radius 2 is 0.860 bits per heavy atom. The van der Waals surface area contributed by atoms with Crippen LogP contribution in [0.5, 0.6) is 11.5 Å². The number of imide groups is 2. The van der Waals surface area contributed by atoms with Gasteiger partial charge in [-0.25, -0.2) is 0 Å². The van der Waals surface area contributed by atoms with Gasteiger partial charge in [-0.3, -0.25) is 53.1 Å². The normalized spacial score (nSPS) is 15.9. The number of nitrogens with one attached hydrogen (secondary N) is 4. The van der Waals surface area contributed by atoms with Crippen LogP contribution in [0.3, 0.4) is 0 Å². The van der Waals surface area contributed by atoms with E-state index < -0.39 is 0 Å². The molecule has 0 aromatic heterocycles. The molecule has 0 bridgehead atoms. The predicted octanol–water partition coefficient (Wildman–Crippen LogP) is 7.38. The summed E-state index contributed by atoms with van der Waals surface area (Å²) in [6.07, 6.45) is 17.5. The largest absolute Gasteiger partial charge is 0.492 e. The van der Waals surface area contributed by atoms with Crippen molar-refractivity contribution in [2.24, 2.45) is 17.8 Å². The van der Waals surface area contributed by atoms with E-state index in [1.807, 2.05) is 0 Å². The molecule has 25 heteroatoms. The standard InChI is InChI=1S/C75H125N7O18/c1-56(2)16-11-17-57(3)18-12-19-58(4)20-13-26-75(10)27-23-64-63(9)71(61(7)62(8)72(64)100-75)99-41-36-80(34-28-76-67(85)24-37-91-42-46-95-50-52-97-48-44-93-39-30-78-65(83)21-14-32-81-69(87)54-59(5)73(81)89)35-29-77-68(86)25-38-92-43-47-96-51-53-98-49-45-94-40-31-79-66(84)22-15-33-82-70(88)55-60(6)74(82)90/h54-58H,11-53H2,1-10H3,(H,76,85)(H,77,86)(H,78,83)(H,79,84)/t57-,58-,75-/m0/s1. The number of rotatable bonds is 60. The molecule has 0 saturated heterocycles. The van der Waals surface area contributed by atoms with Crippen LogP contribution in [0.15, 0.2) is 23.3 Å². The minimum Gasteiger partial charge on any atom is -0.492 e. The van der Waals surface area contributed by atoms with Crippen molar-refractivity contribution in [3.63, 3.8) is 0 Å². The lowest BCUT2D eigenvalue weighted by molar-refractivity contribution is -0.139. The summed E-state index contributed by atoms with van der Waals surface area (Å²) in [5.41, 5.74) is 5.14. The maximum Gasteiger partial charge on any atom is 0.256 e. The second kappa shape index (κ2) is 50.5. The number of fused-ring (bicyclic) bond motifs is 1. The van der Waals surface area contributed by atoms with Gasteiger partial charge in [-0.15, -0.1) is 0 Å². The Morgan fingerprint density at radius 1 is 0.470 bits per heavy atom. The molecule has 0 radical (unpaired) electrons. The number of nitrogens with zero attached hydrogens (tertiary/aromatic N) is 3. The molecule has 0 unspecified atom stereocenters. The van der Waals surface area contributed by atoms with E-state index in [0.717, 1.165) is 81.4 Å². The summed E-state index contributed by atoms with van der Waals surface area (Å²) >= 11 is 0. The topological polar surface area (TPSA) is 287 Å². The van der Waals surface area contributed by atoms with Gasteiger partial charge < -0.3 is 68.6 Å². The molecular formula is C75H125N7O18. The molecule has 4 rings (SSSR count). The van der Waals surface area contributed by atoms with Gasteiger partial charge in [-0.2, -0.15) is 0 Å². The van der Waals surface area contributed by atoms with Crippen LogP contribution in [-0.2, 0) is 82.7 Å². The van der Waals surface area contributed by atoms with E-state index in [2.05, 4.69) is 81.6 Å². The van der Waals surface area contributed by atoms with Crippen molar-refractivity contribution in [1.29, 1.82) is 0 Å². The average molecular weight is 1410 g/mol. The Kier molecular flexibility index (Phi) is 43.7. The van der Waals surface area contributed by atoms with Crippen LogP contribution >= 0.6 is 0 Å². The second-order valence-corrected chi connectivity index (χ2v) is 27.4. The molecule has 0 fully saturated rings. The van der Waals surface area contributed by atoms with Crippen molar-refractivity contribution in [2.45, 2.75) is 184 Å². The van der Waals surface area contributed by atoms with E-state index in [4.69, 9.17) is 47.4 Å². The Balaban J connectivity index is 1.09. The Morgan fingerprint density at radius 3 is 1.28 bits per heavy atom. The summed E-state index contributed by atoms with van der Waals surface area (Å²) in [5.74, 6) is 2.29. The fourth-order valence-electron chi connectivity index (χ4n) is 12.0. The van der Waals surface area contributed by atoms with E-state index >= 15 is 0 Å². The number of ether oxygens (including phenoxy) is 10. The molecule has 3 aliphatic heterocycles. The monoisotopic (exact) mass is 1410 g/mol. The molecule has 8 amide bonds. The third kappa shape index (κ3) is 35.8. The molecule has 568 valence electrons. The van der Waals surface area contributed by atoms with Crippen molar-refractivity contribution >= 4 is 47.3 Å². The van der Waals surface area contributed by atoms with Crippen LogP contribution in [0.25, 0.3) is 0 Å². The third-order valence-corrected chi connectivity index (χ3v) is 18.3. The molecule has 4 N–H and O–H groups in total. The number of hydrogen-bond donors (Lipinski definition) is 4. The Labute approximate surface area is 596 Å². The zero-order chi connectivity index (χ0) is 72.9. The van der Waals surface area contributed by atoms with Crippen LogP contribution in [0, 0.1) is 38.5 Å². The van der Waals surface area contributed by atoms with Gasteiger partial charge >= 0.3 is 0 Å². The molecule has 1 aromatic rings. The van der Waals surface area contributed by atoms with Gasteiger partial charge in [0.05, 0.1) is 106 Å². The minimum atomic E-state index is -0.340. The average Bonchev–Trinajstić information content (AvgIpc) is 1.31. The lowest BCUT2D eigenvalue weighted by atomic mass is 9.83. The van der Waals surface area contributed by atoms with Gasteiger partial charge in [-0.1, -0.05) is 72.6 Å². The van der Waals surface area contributed by atoms with Crippen LogP contribution in [-0.4, -0.2) is 239 Å². The van der Waals surface area contributed by atoms with E-state index in [-0.39, 0.29) is 105 Å². The molecule has 25 nitrogen and oxygen atoms in total. The van der Waals surface area contributed by atoms with Crippen molar-refractivity contribution in [1.82, 2.24) is 36.0 Å². The van der Waals surface area contributed by atoms with Crippen LogP contribution in [0.4, 0.5) is 0 Å². The first kappa shape index (κ1) is 86.5. The van der Waals surface area contributed by atoms with Crippen LogP contribution in [0.2, 0.25) is 0 Å². The molecular weight excluding hydrogens is 1290 g/mol. The molecule has 1 aromatic carbocycles. The Bertz CT molecular complexity index is 2590. The van der Waals surface area contributed by atoms with E-state index in [9.17, 15) is 38.4 Å². The SMILES string of the molecule is CC1=CC(=O)N(CCCC(=O)NCCOCCOCCOCCOCCC(=O)NCCN(CCNC(=O)CCOCCOCCOCCOCCNC(=O)CCCN2C(=O)C=C(C)C2=O)CCOc2c(C)c(C)c3c(c2C)CC[C@](C)(CCC[C@@H](C)CCC[C@@H](C)CCCC(C)C)O3)C1=O. The molecule has 3 atom stereocenters. The summed E-state index contributed by atoms with van der Waals surface area (Å²) in [6.45, 7) is 30.6. The van der Waals surface area contributed by atoms with Crippen molar-refractivity contribution in [3.05, 3.63) is 45.6 Å². The fourth-order valence-corrected chi connectivity index (χ4v) is 12.0. The second-order valence-electron chi connectivity index (χ2n) is 27.4. The first-order chi connectivity index (χ1) is 48.1. The van der Waals surface area contributed by atoms with Crippen molar-refractivity contribution in [3.8, 4) is 11.5 Å². The van der Waals surface area contributed by atoms with Gasteiger partial charge in [0, 0.05) is 113 Å². The van der Waals surface area contributed by atoms with E-state index in [0.29, 0.717) is 169 Å². The number of carbonyl (C=O) groups excluding carboxylic acids is 8. The fraction of sp³-hybridized carbons (Fsp3) is 0.760. The van der Waals surface area contributed by atoms with Crippen LogP contribution < -0.4 is 30.7 Å². The summed E-state index contributed by atoms with van der Waals surface area (Å²) in [5, 5.41) is 11.6. The lowest BCUT2D eigenvalue weighted by Crippen LogP contribution is -2.41.